The number of halogens is 2. The van der Waals surface area contributed by atoms with Crippen molar-refractivity contribution in [1.29, 1.82) is 0 Å². The van der Waals surface area contributed by atoms with Gasteiger partial charge in [-0.1, -0.05) is 41.9 Å². The Bertz CT molecular complexity index is 1020. The maximum atomic E-state index is 13.8. The predicted octanol–water partition coefficient (Wildman–Crippen LogP) is 4.85. The third-order valence-corrected chi connectivity index (χ3v) is 5.53. The fraction of sp³-hybridized carbons (Fsp3) is 0.227. The highest BCUT2D eigenvalue weighted by Crippen LogP contribution is 2.26. The van der Waals surface area contributed by atoms with Gasteiger partial charge < -0.3 is 10.6 Å². The Kier molecular flexibility index (Phi) is 7.54. The normalized spacial score (nSPS) is 10.6. The van der Waals surface area contributed by atoms with Gasteiger partial charge >= 0.3 is 0 Å². The summed E-state index contributed by atoms with van der Waals surface area (Å²) in [6.45, 7) is 2.17. The standard InChI is InChI=1S/C22H21ClFN3O2S/c1-14(28)25-11-3-4-15-7-9-16(10-8-15)20-13-30-22(26-20)27-21(29)12-17-18(23)5-2-6-19(17)24/h2,5-10,13H,3-4,11-12H2,1H3,(H,25,28)(H,26,27,29). The number of anilines is 1. The molecule has 0 spiro atoms. The van der Waals surface area contributed by atoms with Crippen LogP contribution in [0.4, 0.5) is 9.52 Å². The summed E-state index contributed by atoms with van der Waals surface area (Å²) in [5.41, 5.74) is 3.04. The van der Waals surface area contributed by atoms with E-state index in [1.54, 1.807) is 6.07 Å². The summed E-state index contributed by atoms with van der Waals surface area (Å²) in [5.74, 6) is -0.902. The molecule has 2 N–H and O–H groups in total. The summed E-state index contributed by atoms with van der Waals surface area (Å²) in [6, 6.07) is 12.3. The lowest BCUT2D eigenvalue weighted by atomic mass is 10.1. The average Bonchev–Trinajstić information content (AvgIpc) is 3.17. The summed E-state index contributed by atoms with van der Waals surface area (Å²) in [4.78, 5) is 27.6. The monoisotopic (exact) mass is 445 g/mol. The van der Waals surface area contributed by atoms with Crippen molar-refractivity contribution >= 4 is 39.9 Å². The van der Waals surface area contributed by atoms with Gasteiger partial charge in [-0.3, -0.25) is 9.59 Å². The molecule has 3 rings (SSSR count). The number of benzene rings is 2. The molecular weight excluding hydrogens is 425 g/mol. The minimum absolute atomic E-state index is 0.0197. The zero-order valence-electron chi connectivity index (χ0n) is 16.4. The molecule has 30 heavy (non-hydrogen) atoms. The van der Waals surface area contributed by atoms with Gasteiger partial charge in [0, 0.05) is 35.0 Å². The van der Waals surface area contributed by atoms with Crippen LogP contribution >= 0.6 is 22.9 Å². The van der Waals surface area contributed by atoms with E-state index in [4.69, 9.17) is 11.6 Å². The first-order valence-corrected chi connectivity index (χ1v) is 10.7. The molecule has 1 heterocycles. The van der Waals surface area contributed by atoms with Crippen molar-refractivity contribution in [2.24, 2.45) is 0 Å². The predicted molar refractivity (Wildman–Crippen MR) is 118 cm³/mol. The Labute approximate surface area is 183 Å². The van der Waals surface area contributed by atoms with Crippen molar-refractivity contribution in [1.82, 2.24) is 10.3 Å². The van der Waals surface area contributed by atoms with Crippen molar-refractivity contribution in [2.75, 3.05) is 11.9 Å². The van der Waals surface area contributed by atoms with Crippen LogP contribution in [-0.4, -0.2) is 23.3 Å². The van der Waals surface area contributed by atoms with Gasteiger partial charge in [-0.15, -0.1) is 11.3 Å². The number of hydrogen-bond donors (Lipinski definition) is 2. The summed E-state index contributed by atoms with van der Waals surface area (Å²) in [6.07, 6.45) is 1.59. The Balaban J connectivity index is 1.56. The van der Waals surface area contributed by atoms with Crippen LogP contribution in [-0.2, 0) is 22.4 Å². The first-order valence-electron chi connectivity index (χ1n) is 9.44. The Morgan fingerprint density at radius 1 is 1.17 bits per heavy atom. The van der Waals surface area contributed by atoms with Crippen LogP contribution in [0, 0.1) is 5.82 Å². The van der Waals surface area contributed by atoms with E-state index in [2.05, 4.69) is 15.6 Å². The van der Waals surface area contributed by atoms with Crippen molar-refractivity contribution in [3.05, 3.63) is 69.8 Å². The van der Waals surface area contributed by atoms with Crippen LogP contribution in [0.3, 0.4) is 0 Å². The molecule has 5 nitrogen and oxygen atoms in total. The maximum absolute atomic E-state index is 13.8. The number of carbonyl (C=O) groups is 2. The largest absolute Gasteiger partial charge is 0.356 e. The van der Waals surface area contributed by atoms with Crippen molar-refractivity contribution < 1.29 is 14.0 Å². The first-order chi connectivity index (χ1) is 14.4. The van der Waals surface area contributed by atoms with Gasteiger partial charge in [-0.05, 0) is 30.5 Å². The number of thiazole rings is 1. The molecule has 0 aliphatic heterocycles. The zero-order chi connectivity index (χ0) is 21.5. The fourth-order valence-corrected chi connectivity index (χ4v) is 3.85. The van der Waals surface area contributed by atoms with E-state index in [9.17, 15) is 14.0 Å². The molecule has 156 valence electrons. The zero-order valence-corrected chi connectivity index (χ0v) is 17.9. The van der Waals surface area contributed by atoms with Gasteiger partial charge in [-0.2, -0.15) is 0 Å². The quantitative estimate of drug-likeness (QED) is 0.487. The Morgan fingerprint density at radius 3 is 2.63 bits per heavy atom. The number of nitrogens with zero attached hydrogens (tertiary/aromatic N) is 1. The van der Waals surface area contributed by atoms with Crippen LogP contribution in [0.25, 0.3) is 11.3 Å². The lowest BCUT2D eigenvalue weighted by molar-refractivity contribution is -0.119. The third kappa shape index (κ3) is 6.11. The molecule has 0 unspecified atom stereocenters. The van der Waals surface area contributed by atoms with E-state index in [1.807, 2.05) is 29.6 Å². The topological polar surface area (TPSA) is 71.1 Å². The summed E-state index contributed by atoms with van der Waals surface area (Å²) < 4.78 is 13.8. The smallest absolute Gasteiger partial charge is 0.230 e. The minimum atomic E-state index is -0.505. The highest BCUT2D eigenvalue weighted by Gasteiger charge is 2.14. The molecular formula is C22H21ClFN3O2S. The second-order valence-electron chi connectivity index (χ2n) is 6.75. The molecule has 0 saturated heterocycles. The molecule has 3 aromatic rings. The van der Waals surface area contributed by atoms with Gasteiger partial charge in [0.05, 0.1) is 12.1 Å². The number of nitrogens with one attached hydrogen (secondary N) is 2. The van der Waals surface area contributed by atoms with E-state index >= 15 is 0 Å². The van der Waals surface area contributed by atoms with Crippen LogP contribution < -0.4 is 10.6 Å². The van der Waals surface area contributed by atoms with E-state index in [0.717, 1.165) is 24.1 Å². The van der Waals surface area contributed by atoms with Gasteiger partial charge in [0.1, 0.15) is 5.82 Å². The maximum Gasteiger partial charge on any atom is 0.230 e. The first kappa shape index (κ1) is 21.9. The van der Waals surface area contributed by atoms with Gasteiger partial charge in [0.25, 0.3) is 0 Å². The van der Waals surface area contributed by atoms with E-state index in [1.165, 1.54) is 36.0 Å². The molecule has 0 radical (unpaired) electrons. The Morgan fingerprint density at radius 2 is 1.93 bits per heavy atom. The SMILES string of the molecule is CC(=O)NCCCc1ccc(-c2csc(NC(=O)Cc3c(F)cccc3Cl)n2)cc1. The van der Waals surface area contributed by atoms with E-state index < -0.39 is 5.82 Å². The summed E-state index contributed by atoms with van der Waals surface area (Å²) in [7, 11) is 0. The second kappa shape index (κ2) is 10.3. The number of rotatable bonds is 8. The highest BCUT2D eigenvalue weighted by atomic mass is 35.5. The highest BCUT2D eigenvalue weighted by molar-refractivity contribution is 7.14. The third-order valence-electron chi connectivity index (χ3n) is 4.42. The summed E-state index contributed by atoms with van der Waals surface area (Å²) >= 11 is 7.28. The lowest BCUT2D eigenvalue weighted by Crippen LogP contribution is -2.21. The van der Waals surface area contributed by atoms with Crippen LogP contribution in [0.1, 0.15) is 24.5 Å². The molecule has 2 aromatic carbocycles. The molecule has 8 heteroatoms. The number of carbonyl (C=O) groups excluding carboxylic acids is 2. The van der Waals surface area contributed by atoms with Gasteiger partial charge in [0.2, 0.25) is 11.8 Å². The van der Waals surface area contributed by atoms with Crippen LogP contribution in [0.15, 0.2) is 47.8 Å². The fourth-order valence-electron chi connectivity index (χ4n) is 2.89. The number of hydrogen-bond acceptors (Lipinski definition) is 4. The van der Waals surface area contributed by atoms with Crippen molar-refractivity contribution in [2.45, 2.75) is 26.2 Å². The molecule has 2 amide bonds. The second-order valence-corrected chi connectivity index (χ2v) is 8.01. The number of aromatic nitrogens is 1. The van der Waals surface area contributed by atoms with Gasteiger partial charge in [0.15, 0.2) is 5.13 Å². The lowest BCUT2D eigenvalue weighted by Gasteiger charge is -2.05. The molecule has 0 aliphatic rings. The molecule has 0 bridgehead atoms. The number of aryl methyl sites for hydroxylation is 1. The van der Waals surface area contributed by atoms with Crippen LogP contribution in [0.5, 0.6) is 0 Å². The van der Waals surface area contributed by atoms with Gasteiger partial charge in [-0.25, -0.2) is 9.37 Å². The average molecular weight is 446 g/mol. The summed E-state index contributed by atoms with van der Waals surface area (Å²) in [5, 5.41) is 8.01. The van der Waals surface area contributed by atoms with E-state index in [-0.39, 0.29) is 28.8 Å². The Hall–Kier alpha value is -2.77. The minimum Gasteiger partial charge on any atom is -0.356 e. The van der Waals surface area contributed by atoms with Crippen LogP contribution in [0.2, 0.25) is 5.02 Å². The van der Waals surface area contributed by atoms with Crippen molar-refractivity contribution in [3.63, 3.8) is 0 Å². The van der Waals surface area contributed by atoms with E-state index in [0.29, 0.717) is 11.7 Å². The molecule has 0 aliphatic carbocycles. The van der Waals surface area contributed by atoms with Crippen molar-refractivity contribution in [3.8, 4) is 11.3 Å². The molecule has 1 aromatic heterocycles. The number of amides is 2. The molecule has 0 saturated carbocycles. The molecule has 0 fully saturated rings. The molecule has 0 atom stereocenters.